The number of carbonyl (C=O) groups is 1. The van der Waals surface area contributed by atoms with E-state index in [1.54, 1.807) is 4.90 Å². The molecule has 0 atom stereocenters. The van der Waals surface area contributed by atoms with E-state index in [-0.39, 0.29) is 17.5 Å². The van der Waals surface area contributed by atoms with Gasteiger partial charge in [0.2, 0.25) is 11.7 Å². The first-order chi connectivity index (χ1) is 11.7. The molecule has 24 heavy (non-hydrogen) atoms. The Morgan fingerprint density at radius 3 is 2.67 bits per heavy atom. The van der Waals surface area contributed by atoms with Gasteiger partial charge in [0.1, 0.15) is 6.61 Å². The fraction of sp³-hybridized carbons (Fsp3) is 0.444. The molecule has 1 saturated heterocycles. The van der Waals surface area contributed by atoms with Gasteiger partial charge in [-0.3, -0.25) is 4.79 Å². The van der Waals surface area contributed by atoms with Crippen molar-refractivity contribution in [1.82, 2.24) is 14.7 Å². The maximum absolute atomic E-state index is 14.2. The molecular weight excluding hydrogens is 309 g/mol. The molecule has 1 aromatic heterocycles. The van der Waals surface area contributed by atoms with Gasteiger partial charge in [-0.15, -0.1) is 0 Å². The summed E-state index contributed by atoms with van der Waals surface area (Å²) in [6, 6.07) is 10.4. The number of piperidine rings is 1. The summed E-state index contributed by atoms with van der Waals surface area (Å²) < 4.78 is 20.9. The molecule has 0 N–H and O–H groups in total. The zero-order chi connectivity index (χ0) is 16.5. The molecule has 0 unspecified atom stereocenters. The second-order valence-corrected chi connectivity index (χ2v) is 6.46. The van der Waals surface area contributed by atoms with E-state index in [1.807, 2.05) is 6.07 Å². The van der Waals surface area contributed by atoms with Crippen molar-refractivity contribution in [2.75, 3.05) is 19.7 Å². The molecule has 0 radical (unpaired) electrons. The number of hydrogen-bond donors (Lipinski definition) is 0. The van der Waals surface area contributed by atoms with Gasteiger partial charge < -0.3 is 9.64 Å². The lowest BCUT2D eigenvalue weighted by Crippen LogP contribution is -2.39. The Kier molecular flexibility index (Phi) is 3.96. The van der Waals surface area contributed by atoms with E-state index >= 15 is 0 Å². The zero-order valence-electron chi connectivity index (χ0n) is 13.4. The van der Waals surface area contributed by atoms with Gasteiger partial charge in [-0.1, -0.05) is 30.3 Å². The second-order valence-electron chi connectivity index (χ2n) is 6.46. The molecule has 4 rings (SSSR count). The van der Waals surface area contributed by atoms with Crippen LogP contribution in [0, 0.1) is 11.7 Å². The number of carbonyl (C=O) groups excluding carboxylic acids is 1. The zero-order valence-corrected chi connectivity index (χ0v) is 13.4. The lowest BCUT2D eigenvalue weighted by atomic mass is 9.90. The summed E-state index contributed by atoms with van der Waals surface area (Å²) in [6.45, 7) is 2.22. The highest BCUT2D eigenvalue weighted by Crippen LogP contribution is 2.27. The first-order valence-corrected chi connectivity index (χ1v) is 8.44. The van der Waals surface area contributed by atoms with Crippen LogP contribution in [-0.4, -0.2) is 40.3 Å². The van der Waals surface area contributed by atoms with Crippen LogP contribution in [0.1, 0.15) is 28.9 Å². The molecule has 1 amide bonds. The van der Waals surface area contributed by atoms with E-state index in [1.165, 1.54) is 10.2 Å². The summed E-state index contributed by atoms with van der Waals surface area (Å²) in [4.78, 5) is 14.3. The van der Waals surface area contributed by atoms with Crippen LogP contribution in [-0.2, 0) is 13.0 Å². The number of aromatic nitrogens is 2. The lowest BCUT2D eigenvalue weighted by Gasteiger charge is -2.31. The SMILES string of the molecule is O=C(c1nn2c(c1F)OCC2)N1CCC(Cc2ccccc2)CC1. The predicted molar refractivity (Wildman–Crippen MR) is 86.5 cm³/mol. The molecule has 0 aliphatic carbocycles. The standard InChI is InChI=1S/C18H20FN3O2/c19-15-16(20-22-10-11-24-18(15)22)17(23)21-8-6-14(7-9-21)12-13-4-2-1-3-5-13/h1-5,14H,6-12H2. The number of fused-ring (bicyclic) bond motifs is 1. The molecule has 6 heteroatoms. The van der Waals surface area contributed by atoms with Crippen molar-refractivity contribution >= 4 is 5.91 Å². The largest absolute Gasteiger partial charge is 0.474 e. The third-order valence-electron chi connectivity index (χ3n) is 4.86. The predicted octanol–water partition coefficient (Wildman–Crippen LogP) is 2.51. The van der Waals surface area contributed by atoms with Crippen molar-refractivity contribution < 1.29 is 13.9 Å². The monoisotopic (exact) mass is 329 g/mol. The molecule has 2 aromatic rings. The number of likely N-dealkylation sites (tertiary alicyclic amines) is 1. The Bertz CT molecular complexity index is 736. The lowest BCUT2D eigenvalue weighted by molar-refractivity contribution is 0.0678. The van der Waals surface area contributed by atoms with Gasteiger partial charge >= 0.3 is 0 Å². The fourth-order valence-corrected chi connectivity index (χ4v) is 3.52. The van der Waals surface area contributed by atoms with Crippen LogP contribution >= 0.6 is 0 Å². The van der Waals surface area contributed by atoms with E-state index in [2.05, 4.69) is 29.4 Å². The summed E-state index contributed by atoms with van der Waals surface area (Å²) in [5.74, 6) is -0.283. The van der Waals surface area contributed by atoms with Crippen molar-refractivity contribution in [3.8, 4) is 5.88 Å². The molecule has 3 heterocycles. The Labute approximate surface area is 140 Å². The number of nitrogens with zero attached hydrogens (tertiary/aromatic N) is 3. The molecule has 0 saturated carbocycles. The van der Waals surface area contributed by atoms with Gasteiger partial charge in [0, 0.05) is 13.1 Å². The minimum Gasteiger partial charge on any atom is -0.474 e. The third-order valence-corrected chi connectivity index (χ3v) is 4.86. The number of amides is 1. The minimum atomic E-state index is -0.621. The number of halogens is 1. The Hall–Kier alpha value is -2.37. The van der Waals surface area contributed by atoms with Crippen LogP contribution in [0.3, 0.4) is 0 Å². The highest BCUT2D eigenvalue weighted by molar-refractivity contribution is 5.93. The van der Waals surface area contributed by atoms with Crippen LogP contribution in [0.2, 0.25) is 0 Å². The van der Waals surface area contributed by atoms with Gasteiger partial charge in [-0.2, -0.15) is 9.49 Å². The summed E-state index contributed by atoms with van der Waals surface area (Å²) in [7, 11) is 0. The highest BCUT2D eigenvalue weighted by Gasteiger charge is 2.32. The van der Waals surface area contributed by atoms with Gasteiger partial charge in [-0.25, -0.2) is 4.68 Å². The average Bonchev–Trinajstić information content (AvgIpc) is 3.19. The molecule has 126 valence electrons. The van der Waals surface area contributed by atoms with Crippen molar-refractivity contribution in [3.05, 3.63) is 47.4 Å². The van der Waals surface area contributed by atoms with E-state index in [0.717, 1.165) is 19.3 Å². The Morgan fingerprint density at radius 1 is 1.21 bits per heavy atom. The summed E-state index contributed by atoms with van der Waals surface area (Å²) in [6.07, 6.45) is 2.91. The highest BCUT2D eigenvalue weighted by atomic mass is 19.1. The van der Waals surface area contributed by atoms with Gasteiger partial charge in [0.05, 0.1) is 6.54 Å². The van der Waals surface area contributed by atoms with Crippen LogP contribution in [0.5, 0.6) is 5.88 Å². The normalized spacial score (nSPS) is 17.6. The van der Waals surface area contributed by atoms with Crippen molar-refractivity contribution in [3.63, 3.8) is 0 Å². The van der Waals surface area contributed by atoms with Crippen molar-refractivity contribution in [2.24, 2.45) is 5.92 Å². The molecular formula is C18H20FN3O2. The second kappa shape index (κ2) is 6.26. The van der Waals surface area contributed by atoms with Gasteiger partial charge in [-0.05, 0) is 30.7 Å². The van der Waals surface area contributed by atoms with E-state index in [0.29, 0.717) is 32.2 Å². The topological polar surface area (TPSA) is 47.4 Å². The maximum Gasteiger partial charge on any atom is 0.277 e. The smallest absolute Gasteiger partial charge is 0.277 e. The summed E-state index contributed by atoms with van der Waals surface area (Å²) in [5.41, 5.74) is 1.22. The summed E-state index contributed by atoms with van der Waals surface area (Å²) >= 11 is 0. The average molecular weight is 329 g/mol. The quantitative estimate of drug-likeness (QED) is 0.869. The molecule has 5 nitrogen and oxygen atoms in total. The van der Waals surface area contributed by atoms with E-state index in [4.69, 9.17) is 4.74 Å². The molecule has 1 fully saturated rings. The summed E-state index contributed by atoms with van der Waals surface area (Å²) in [5, 5.41) is 4.08. The van der Waals surface area contributed by atoms with Crippen molar-refractivity contribution in [2.45, 2.75) is 25.8 Å². The first kappa shape index (κ1) is 15.2. The van der Waals surface area contributed by atoms with Crippen molar-refractivity contribution in [1.29, 1.82) is 0 Å². The molecule has 2 aliphatic heterocycles. The van der Waals surface area contributed by atoms with E-state index < -0.39 is 5.82 Å². The fourth-order valence-electron chi connectivity index (χ4n) is 3.52. The molecule has 2 aliphatic rings. The number of hydrogen-bond acceptors (Lipinski definition) is 3. The minimum absolute atomic E-state index is 0.0947. The van der Waals surface area contributed by atoms with Crippen LogP contribution in [0.25, 0.3) is 0 Å². The van der Waals surface area contributed by atoms with E-state index in [9.17, 15) is 9.18 Å². The van der Waals surface area contributed by atoms with Gasteiger partial charge in [0.25, 0.3) is 5.91 Å². The number of rotatable bonds is 3. The molecule has 0 spiro atoms. The molecule has 1 aromatic carbocycles. The first-order valence-electron chi connectivity index (χ1n) is 8.44. The number of ether oxygens (including phenoxy) is 1. The Morgan fingerprint density at radius 2 is 1.96 bits per heavy atom. The maximum atomic E-state index is 14.2. The van der Waals surface area contributed by atoms with Crippen LogP contribution < -0.4 is 4.74 Å². The van der Waals surface area contributed by atoms with Gasteiger partial charge in [0.15, 0.2) is 5.69 Å². The molecule has 0 bridgehead atoms. The van der Waals surface area contributed by atoms with Crippen LogP contribution in [0.4, 0.5) is 4.39 Å². The van der Waals surface area contributed by atoms with Crippen LogP contribution in [0.15, 0.2) is 30.3 Å². The Balaban J connectivity index is 1.38. The number of benzene rings is 1. The third kappa shape index (κ3) is 2.77.